The van der Waals surface area contributed by atoms with Gasteiger partial charge in [0.2, 0.25) is 0 Å². The molecule has 2 heterocycles. The van der Waals surface area contributed by atoms with Crippen molar-refractivity contribution in [1.29, 1.82) is 0 Å². The number of carbonyl (C=O) groups is 1. The smallest absolute Gasteiger partial charge is 0.287 e. The predicted octanol–water partition coefficient (Wildman–Crippen LogP) is 2.96. The maximum atomic E-state index is 11.9. The summed E-state index contributed by atoms with van der Waals surface area (Å²) in [7, 11) is 0. The van der Waals surface area contributed by atoms with E-state index in [0.29, 0.717) is 5.76 Å². The lowest BCUT2D eigenvalue weighted by atomic mass is 10.1. The van der Waals surface area contributed by atoms with Crippen LogP contribution < -0.4 is 5.32 Å². The number of nitrogens with zero attached hydrogens (tertiary/aromatic N) is 2. The van der Waals surface area contributed by atoms with Crippen molar-refractivity contribution >= 4 is 5.91 Å². The first kappa shape index (κ1) is 13.2. The first-order valence-corrected chi connectivity index (χ1v) is 6.67. The number of amides is 1. The van der Waals surface area contributed by atoms with Crippen molar-refractivity contribution in [3.05, 3.63) is 72.7 Å². The standard InChI is InChI=1S/C16H15N3O2/c1-12(18-16(20)15-3-2-10-21-15)13-4-6-14(7-5-13)19-9-8-17-11-19/h2-12H,1H3,(H,18,20)/t12-/m1/s1. The summed E-state index contributed by atoms with van der Waals surface area (Å²) in [6.07, 6.45) is 6.86. The number of aromatic nitrogens is 2. The van der Waals surface area contributed by atoms with Gasteiger partial charge in [-0.05, 0) is 36.8 Å². The Bertz CT molecular complexity index is 701. The largest absolute Gasteiger partial charge is 0.459 e. The van der Waals surface area contributed by atoms with Crippen molar-refractivity contribution in [2.75, 3.05) is 0 Å². The quantitative estimate of drug-likeness (QED) is 0.799. The summed E-state index contributed by atoms with van der Waals surface area (Å²) in [5.74, 6) is 0.100. The van der Waals surface area contributed by atoms with E-state index in [4.69, 9.17) is 4.42 Å². The van der Waals surface area contributed by atoms with Gasteiger partial charge < -0.3 is 14.3 Å². The van der Waals surface area contributed by atoms with E-state index < -0.39 is 0 Å². The number of benzene rings is 1. The molecule has 0 aliphatic heterocycles. The lowest BCUT2D eigenvalue weighted by Crippen LogP contribution is -2.26. The van der Waals surface area contributed by atoms with Crippen LogP contribution in [0.4, 0.5) is 0 Å². The minimum absolute atomic E-state index is 0.0977. The highest BCUT2D eigenvalue weighted by Crippen LogP contribution is 2.16. The number of hydrogen-bond acceptors (Lipinski definition) is 3. The topological polar surface area (TPSA) is 60.1 Å². The second-order valence-electron chi connectivity index (χ2n) is 4.73. The summed E-state index contributed by atoms with van der Waals surface area (Å²) in [4.78, 5) is 15.9. The highest BCUT2D eigenvalue weighted by molar-refractivity contribution is 5.91. The summed E-state index contributed by atoms with van der Waals surface area (Å²) in [5, 5.41) is 2.90. The summed E-state index contributed by atoms with van der Waals surface area (Å²) >= 11 is 0. The second-order valence-corrected chi connectivity index (χ2v) is 4.73. The van der Waals surface area contributed by atoms with E-state index in [0.717, 1.165) is 11.3 Å². The molecule has 3 rings (SSSR count). The SMILES string of the molecule is C[C@@H](NC(=O)c1ccco1)c1ccc(-n2ccnc2)cc1. The van der Waals surface area contributed by atoms with E-state index in [1.54, 1.807) is 24.7 Å². The van der Waals surface area contributed by atoms with Crippen LogP contribution in [-0.2, 0) is 0 Å². The third-order valence-electron chi connectivity index (χ3n) is 3.29. The summed E-state index contributed by atoms with van der Waals surface area (Å²) in [6.45, 7) is 1.94. The van der Waals surface area contributed by atoms with Gasteiger partial charge in [0.25, 0.3) is 5.91 Å². The van der Waals surface area contributed by atoms with Crippen molar-refractivity contribution < 1.29 is 9.21 Å². The molecule has 0 bridgehead atoms. The van der Waals surface area contributed by atoms with Crippen molar-refractivity contribution in [2.45, 2.75) is 13.0 Å². The van der Waals surface area contributed by atoms with Crippen molar-refractivity contribution in [1.82, 2.24) is 14.9 Å². The van der Waals surface area contributed by atoms with Crippen LogP contribution in [0.1, 0.15) is 29.1 Å². The summed E-state index contributed by atoms with van der Waals surface area (Å²) in [5.41, 5.74) is 2.06. The zero-order valence-corrected chi connectivity index (χ0v) is 11.6. The Kier molecular flexibility index (Phi) is 3.55. The normalized spacial score (nSPS) is 12.0. The molecule has 0 spiro atoms. The van der Waals surface area contributed by atoms with Gasteiger partial charge in [-0.2, -0.15) is 0 Å². The lowest BCUT2D eigenvalue weighted by Gasteiger charge is -2.14. The maximum Gasteiger partial charge on any atom is 0.287 e. The molecule has 1 aromatic carbocycles. The van der Waals surface area contributed by atoms with Crippen LogP contribution in [0, 0.1) is 0 Å². The molecule has 0 saturated carbocycles. The number of nitrogens with one attached hydrogen (secondary N) is 1. The third kappa shape index (κ3) is 2.86. The predicted molar refractivity (Wildman–Crippen MR) is 78.2 cm³/mol. The Morgan fingerprint density at radius 2 is 2.10 bits per heavy atom. The van der Waals surface area contributed by atoms with Crippen LogP contribution in [0.2, 0.25) is 0 Å². The molecule has 0 aliphatic carbocycles. The zero-order valence-electron chi connectivity index (χ0n) is 11.6. The molecule has 1 atom stereocenters. The van der Waals surface area contributed by atoms with Gasteiger partial charge in [-0.3, -0.25) is 4.79 Å². The van der Waals surface area contributed by atoms with Gasteiger partial charge in [0.05, 0.1) is 18.6 Å². The fourth-order valence-electron chi connectivity index (χ4n) is 2.11. The number of furan rings is 1. The molecule has 0 radical (unpaired) electrons. The van der Waals surface area contributed by atoms with Crippen molar-refractivity contribution in [3.8, 4) is 5.69 Å². The van der Waals surface area contributed by atoms with Crippen LogP contribution in [0.25, 0.3) is 5.69 Å². The summed E-state index contributed by atoms with van der Waals surface area (Å²) in [6, 6.07) is 11.2. The Balaban J connectivity index is 1.70. The van der Waals surface area contributed by atoms with Crippen molar-refractivity contribution in [3.63, 3.8) is 0 Å². The number of hydrogen-bond donors (Lipinski definition) is 1. The molecule has 5 heteroatoms. The van der Waals surface area contributed by atoms with Crippen molar-refractivity contribution in [2.24, 2.45) is 0 Å². The van der Waals surface area contributed by atoms with E-state index in [1.807, 2.05) is 42.0 Å². The molecule has 3 aromatic rings. The Labute approximate surface area is 122 Å². The molecule has 2 aromatic heterocycles. The molecule has 5 nitrogen and oxygen atoms in total. The molecule has 0 fully saturated rings. The Morgan fingerprint density at radius 3 is 2.71 bits per heavy atom. The van der Waals surface area contributed by atoms with E-state index in [9.17, 15) is 4.79 Å². The highest BCUT2D eigenvalue weighted by Gasteiger charge is 2.13. The van der Waals surface area contributed by atoms with Crippen LogP contribution in [0.15, 0.2) is 65.8 Å². The number of rotatable bonds is 4. The van der Waals surface area contributed by atoms with E-state index in [-0.39, 0.29) is 11.9 Å². The van der Waals surface area contributed by atoms with Crippen LogP contribution in [-0.4, -0.2) is 15.5 Å². The number of imidazole rings is 1. The molecule has 0 saturated heterocycles. The fourth-order valence-corrected chi connectivity index (χ4v) is 2.11. The van der Waals surface area contributed by atoms with Gasteiger partial charge in [0.1, 0.15) is 0 Å². The summed E-state index contributed by atoms with van der Waals surface area (Å²) < 4.78 is 7.00. The molecule has 1 N–H and O–H groups in total. The van der Waals surface area contributed by atoms with E-state index in [2.05, 4.69) is 10.3 Å². The van der Waals surface area contributed by atoms with Crippen LogP contribution in [0.3, 0.4) is 0 Å². The maximum absolute atomic E-state index is 11.9. The molecule has 0 unspecified atom stereocenters. The average molecular weight is 281 g/mol. The van der Waals surface area contributed by atoms with Crippen LogP contribution >= 0.6 is 0 Å². The fraction of sp³-hybridized carbons (Fsp3) is 0.125. The molecule has 1 amide bonds. The zero-order chi connectivity index (χ0) is 14.7. The van der Waals surface area contributed by atoms with Gasteiger partial charge >= 0.3 is 0 Å². The van der Waals surface area contributed by atoms with Gasteiger partial charge in [-0.15, -0.1) is 0 Å². The van der Waals surface area contributed by atoms with E-state index >= 15 is 0 Å². The monoisotopic (exact) mass is 281 g/mol. The molecule has 106 valence electrons. The van der Waals surface area contributed by atoms with Gasteiger partial charge in [-0.25, -0.2) is 4.98 Å². The third-order valence-corrected chi connectivity index (χ3v) is 3.29. The second kappa shape index (κ2) is 5.66. The molecular weight excluding hydrogens is 266 g/mol. The number of carbonyl (C=O) groups excluding carboxylic acids is 1. The minimum Gasteiger partial charge on any atom is -0.459 e. The average Bonchev–Trinajstić information content (AvgIpc) is 3.20. The minimum atomic E-state index is -0.216. The van der Waals surface area contributed by atoms with E-state index in [1.165, 1.54) is 6.26 Å². The highest BCUT2D eigenvalue weighted by atomic mass is 16.3. The first-order valence-electron chi connectivity index (χ1n) is 6.67. The molecule has 0 aliphatic rings. The Hall–Kier alpha value is -2.82. The molecule has 21 heavy (non-hydrogen) atoms. The van der Waals surface area contributed by atoms with Gasteiger partial charge in [-0.1, -0.05) is 12.1 Å². The lowest BCUT2D eigenvalue weighted by molar-refractivity contribution is 0.0912. The molecular formula is C16H15N3O2. The Morgan fingerprint density at radius 1 is 1.29 bits per heavy atom. The van der Waals surface area contributed by atoms with Gasteiger partial charge in [0.15, 0.2) is 5.76 Å². The first-order chi connectivity index (χ1) is 10.2. The van der Waals surface area contributed by atoms with Gasteiger partial charge in [0, 0.05) is 18.1 Å². The van der Waals surface area contributed by atoms with Crippen LogP contribution in [0.5, 0.6) is 0 Å².